The summed E-state index contributed by atoms with van der Waals surface area (Å²) in [4.78, 5) is 24.7. The highest BCUT2D eigenvalue weighted by molar-refractivity contribution is 6.35. The van der Waals surface area contributed by atoms with Crippen LogP contribution in [0.1, 0.15) is 16.7 Å². The molecule has 0 unspecified atom stereocenters. The number of phenols is 1. The van der Waals surface area contributed by atoms with Crippen LogP contribution < -0.4 is 10.9 Å². The van der Waals surface area contributed by atoms with Gasteiger partial charge in [-0.3, -0.25) is 4.79 Å². The molecule has 134 valence electrons. The van der Waals surface area contributed by atoms with Gasteiger partial charge in [0.05, 0.1) is 28.1 Å². The van der Waals surface area contributed by atoms with Crippen molar-refractivity contribution in [3.8, 4) is 5.75 Å². The number of fused-ring (bicyclic) bond motifs is 1. The molecule has 0 aliphatic carbocycles. The standard InChI is InChI=1S/C19H15Cl2NO4/c1-9-5-15(23)18-10(2)12(19(25)26-16(18)6-9)8-17(24)22-14-7-11(20)3-4-13(14)21/h3-7,23H,8H2,1-2H3,(H,22,24). The molecule has 0 fully saturated rings. The Kier molecular flexibility index (Phi) is 4.94. The van der Waals surface area contributed by atoms with Gasteiger partial charge in [-0.25, -0.2) is 4.79 Å². The second-order valence-corrected chi connectivity index (χ2v) is 6.84. The van der Waals surface area contributed by atoms with Crippen molar-refractivity contribution < 1.29 is 14.3 Å². The van der Waals surface area contributed by atoms with Crippen molar-refractivity contribution in [3.05, 3.63) is 67.5 Å². The Labute approximate surface area is 159 Å². The summed E-state index contributed by atoms with van der Waals surface area (Å²) in [6.07, 6.45) is -0.222. The van der Waals surface area contributed by atoms with E-state index >= 15 is 0 Å². The van der Waals surface area contributed by atoms with E-state index in [4.69, 9.17) is 27.6 Å². The lowest BCUT2D eigenvalue weighted by atomic mass is 10.0. The third-order valence-corrected chi connectivity index (χ3v) is 4.61. The van der Waals surface area contributed by atoms with E-state index in [2.05, 4.69) is 5.32 Å². The molecule has 3 rings (SSSR count). The minimum absolute atomic E-state index is 0.000735. The van der Waals surface area contributed by atoms with Crippen LogP contribution in [0.4, 0.5) is 5.69 Å². The first-order valence-electron chi connectivity index (χ1n) is 7.77. The molecule has 1 aromatic heterocycles. The van der Waals surface area contributed by atoms with Crippen LogP contribution in [0.25, 0.3) is 11.0 Å². The number of benzene rings is 2. The van der Waals surface area contributed by atoms with Crippen LogP contribution in [-0.4, -0.2) is 11.0 Å². The number of aromatic hydroxyl groups is 1. The van der Waals surface area contributed by atoms with Crippen molar-refractivity contribution in [1.82, 2.24) is 0 Å². The Morgan fingerprint density at radius 2 is 1.92 bits per heavy atom. The molecule has 0 radical (unpaired) electrons. The molecule has 3 aromatic rings. The lowest BCUT2D eigenvalue weighted by molar-refractivity contribution is -0.115. The molecule has 1 heterocycles. The molecule has 5 nitrogen and oxygen atoms in total. The maximum Gasteiger partial charge on any atom is 0.340 e. The molecule has 2 aromatic carbocycles. The van der Waals surface area contributed by atoms with Gasteiger partial charge < -0.3 is 14.8 Å². The van der Waals surface area contributed by atoms with Crippen molar-refractivity contribution in [2.24, 2.45) is 0 Å². The molecule has 0 atom stereocenters. The first-order chi connectivity index (χ1) is 12.3. The predicted octanol–water partition coefficient (Wildman–Crippen LogP) is 4.60. The van der Waals surface area contributed by atoms with Gasteiger partial charge in [-0.2, -0.15) is 0 Å². The summed E-state index contributed by atoms with van der Waals surface area (Å²) in [7, 11) is 0. The number of aryl methyl sites for hydroxylation is 2. The number of hydrogen-bond donors (Lipinski definition) is 2. The highest BCUT2D eigenvalue weighted by Crippen LogP contribution is 2.30. The number of halogens is 2. The summed E-state index contributed by atoms with van der Waals surface area (Å²) in [5, 5.41) is 14.0. The Hall–Kier alpha value is -2.50. The third kappa shape index (κ3) is 3.54. The van der Waals surface area contributed by atoms with Crippen LogP contribution in [-0.2, 0) is 11.2 Å². The summed E-state index contributed by atoms with van der Waals surface area (Å²) in [5.74, 6) is -0.448. The second-order valence-electron chi connectivity index (χ2n) is 6.00. The number of nitrogens with one attached hydrogen (secondary N) is 1. The lowest BCUT2D eigenvalue weighted by Gasteiger charge is -2.11. The van der Waals surface area contributed by atoms with Crippen LogP contribution >= 0.6 is 23.2 Å². The summed E-state index contributed by atoms with van der Waals surface area (Å²) < 4.78 is 5.29. The zero-order valence-corrected chi connectivity index (χ0v) is 15.5. The predicted molar refractivity (Wildman–Crippen MR) is 102 cm³/mol. The minimum atomic E-state index is -0.618. The maximum atomic E-state index is 12.4. The molecule has 0 aliphatic heterocycles. The highest BCUT2D eigenvalue weighted by atomic mass is 35.5. The molecule has 0 saturated carbocycles. The van der Waals surface area contributed by atoms with Gasteiger partial charge >= 0.3 is 5.63 Å². The molecular weight excluding hydrogens is 377 g/mol. The third-order valence-electron chi connectivity index (χ3n) is 4.04. The number of carbonyl (C=O) groups excluding carboxylic acids is 1. The van der Waals surface area contributed by atoms with Gasteiger partial charge in [-0.05, 0) is 55.3 Å². The quantitative estimate of drug-likeness (QED) is 0.639. The van der Waals surface area contributed by atoms with E-state index in [0.29, 0.717) is 26.7 Å². The van der Waals surface area contributed by atoms with E-state index < -0.39 is 11.5 Å². The monoisotopic (exact) mass is 391 g/mol. The average molecular weight is 392 g/mol. The molecule has 0 bridgehead atoms. The maximum absolute atomic E-state index is 12.4. The van der Waals surface area contributed by atoms with Gasteiger partial charge in [0.15, 0.2) is 0 Å². The fourth-order valence-corrected chi connectivity index (χ4v) is 3.15. The van der Waals surface area contributed by atoms with Crippen LogP contribution in [0, 0.1) is 13.8 Å². The number of rotatable bonds is 3. The van der Waals surface area contributed by atoms with Crippen molar-refractivity contribution in [2.75, 3.05) is 5.32 Å². The van der Waals surface area contributed by atoms with Gasteiger partial charge in [0.25, 0.3) is 0 Å². The van der Waals surface area contributed by atoms with Crippen LogP contribution in [0.2, 0.25) is 10.0 Å². The Morgan fingerprint density at radius 1 is 1.19 bits per heavy atom. The van der Waals surface area contributed by atoms with E-state index in [1.54, 1.807) is 38.1 Å². The number of carbonyl (C=O) groups is 1. The SMILES string of the molecule is Cc1cc(O)c2c(C)c(CC(=O)Nc3cc(Cl)ccc3Cl)c(=O)oc2c1. The molecule has 0 spiro atoms. The fraction of sp³-hybridized carbons (Fsp3) is 0.158. The lowest BCUT2D eigenvalue weighted by Crippen LogP contribution is -2.20. The van der Waals surface area contributed by atoms with Crippen molar-refractivity contribution in [1.29, 1.82) is 0 Å². The Morgan fingerprint density at radius 3 is 2.65 bits per heavy atom. The average Bonchev–Trinajstić information content (AvgIpc) is 2.54. The fourth-order valence-electron chi connectivity index (χ4n) is 2.81. The number of anilines is 1. The van der Waals surface area contributed by atoms with E-state index in [9.17, 15) is 14.7 Å². The highest BCUT2D eigenvalue weighted by Gasteiger charge is 2.18. The van der Waals surface area contributed by atoms with Gasteiger partial charge in [0.1, 0.15) is 11.3 Å². The molecule has 1 amide bonds. The van der Waals surface area contributed by atoms with Gasteiger partial charge in [0.2, 0.25) is 5.91 Å². The van der Waals surface area contributed by atoms with Crippen molar-refractivity contribution in [2.45, 2.75) is 20.3 Å². The van der Waals surface area contributed by atoms with E-state index in [0.717, 1.165) is 5.56 Å². The molecule has 26 heavy (non-hydrogen) atoms. The normalized spacial score (nSPS) is 10.9. The van der Waals surface area contributed by atoms with Crippen molar-refractivity contribution in [3.63, 3.8) is 0 Å². The Balaban J connectivity index is 1.97. The largest absolute Gasteiger partial charge is 0.507 e. The number of hydrogen-bond acceptors (Lipinski definition) is 4. The topological polar surface area (TPSA) is 79.5 Å². The zero-order valence-electron chi connectivity index (χ0n) is 14.0. The zero-order chi connectivity index (χ0) is 19.0. The first-order valence-corrected chi connectivity index (χ1v) is 8.52. The van der Waals surface area contributed by atoms with E-state index in [-0.39, 0.29) is 23.3 Å². The van der Waals surface area contributed by atoms with Crippen LogP contribution in [0.15, 0.2) is 39.5 Å². The Bertz CT molecular complexity index is 1090. The summed E-state index contributed by atoms with van der Waals surface area (Å²) in [6.45, 7) is 3.45. The van der Waals surface area contributed by atoms with Gasteiger partial charge in [0, 0.05) is 5.02 Å². The number of phenolic OH excluding ortho intramolecular Hbond substituents is 1. The second kappa shape index (κ2) is 7.02. The van der Waals surface area contributed by atoms with Crippen LogP contribution in [0.3, 0.4) is 0 Å². The molecule has 0 saturated heterocycles. The molecule has 7 heteroatoms. The summed E-state index contributed by atoms with van der Waals surface area (Å²) >= 11 is 11.9. The number of amides is 1. The first kappa shape index (κ1) is 18.3. The minimum Gasteiger partial charge on any atom is -0.507 e. The van der Waals surface area contributed by atoms with Crippen molar-refractivity contribution >= 4 is 45.8 Å². The smallest absolute Gasteiger partial charge is 0.340 e. The van der Waals surface area contributed by atoms with Gasteiger partial charge in [-0.1, -0.05) is 23.2 Å². The van der Waals surface area contributed by atoms with E-state index in [1.165, 1.54) is 6.07 Å². The summed E-state index contributed by atoms with van der Waals surface area (Å²) in [5.41, 5.74) is 1.46. The van der Waals surface area contributed by atoms with Crippen LogP contribution in [0.5, 0.6) is 5.75 Å². The van der Waals surface area contributed by atoms with E-state index in [1.807, 2.05) is 0 Å². The summed E-state index contributed by atoms with van der Waals surface area (Å²) in [6, 6.07) is 7.93. The molecular formula is C19H15Cl2NO4. The van der Waals surface area contributed by atoms with Gasteiger partial charge in [-0.15, -0.1) is 0 Å². The molecule has 0 aliphatic rings. The molecule has 2 N–H and O–H groups in total.